The van der Waals surface area contributed by atoms with Crippen LogP contribution in [0.15, 0.2) is 22.9 Å². The molecule has 0 aromatic carbocycles. The van der Waals surface area contributed by atoms with Crippen LogP contribution in [-0.2, 0) is 21.7 Å². The van der Waals surface area contributed by atoms with E-state index in [0.29, 0.717) is 0 Å². The molecule has 6 heteroatoms. The Bertz CT molecular complexity index is 237. The number of aliphatic hydroxyl groups excluding tert-OH is 3. The Morgan fingerprint density at radius 3 is 1.35 bits per heavy atom. The van der Waals surface area contributed by atoms with Gasteiger partial charge in [0, 0.05) is 40.0 Å². The molecule has 0 unspecified atom stereocenters. The molecule has 118 valence electrons. The van der Waals surface area contributed by atoms with E-state index in [-0.39, 0.29) is 40.0 Å². The van der Waals surface area contributed by atoms with Gasteiger partial charge in [-0.2, -0.15) is 12.1 Å². The zero-order valence-electron chi connectivity index (χ0n) is 13.1. The van der Waals surface area contributed by atoms with E-state index in [9.17, 15) is 0 Å². The van der Waals surface area contributed by atoms with Crippen molar-refractivity contribution in [3.8, 4) is 0 Å². The van der Waals surface area contributed by atoms with Gasteiger partial charge in [0.15, 0.2) is 0 Å². The molecule has 1 rings (SSSR count). The van der Waals surface area contributed by atoms with Crippen LogP contribution in [0.25, 0.3) is 0 Å². The van der Waals surface area contributed by atoms with E-state index in [0.717, 1.165) is 4.47 Å². The molecule has 1 heterocycles. The number of hydrogen-bond donors (Lipinski definition) is 3. The number of halogens is 1. The maximum absolute atomic E-state index is 8.06. The number of aromatic nitrogens is 1. The van der Waals surface area contributed by atoms with E-state index in [1.54, 1.807) is 60.0 Å². The van der Waals surface area contributed by atoms with Gasteiger partial charge in [-0.25, -0.2) is 0 Å². The first-order valence-corrected chi connectivity index (χ1v) is 6.90. The van der Waals surface area contributed by atoms with Gasteiger partial charge >= 0.3 is 0 Å². The second-order valence-corrected chi connectivity index (χ2v) is 5.22. The normalized spacial score (nSPS) is 8.45. The monoisotopic (exact) mass is 384 g/mol. The van der Waals surface area contributed by atoms with Crippen molar-refractivity contribution < 1.29 is 37.0 Å². The van der Waals surface area contributed by atoms with Crippen LogP contribution in [0, 0.1) is 6.07 Å². The van der Waals surface area contributed by atoms with Crippen molar-refractivity contribution in [3.63, 3.8) is 0 Å². The Morgan fingerprint density at radius 1 is 0.950 bits per heavy atom. The van der Waals surface area contributed by atoms with E-state index in [1.165, 1.54) is 0 Å². The second kappa shape index (κ2) is 21.5. The fourth-order valence-electron chi connectivity index (χ4n) is 0.306. The average molecular weight is 385 g/mol. The Kier molecular flexibility index (Phi) is 30.6. The van der Waals surface area contributed by atoms with Gasteiger partial charge in [-0.05, 0) is 41.5 Å². The molecule has 0 aliphatic carbocycles. The summed E-state index contributed by atoms with van der Waals surface area (Å²) < 4.78 is 0.898. The summed E-state index contributed by atoms with van der Waals surface area (Å²) in [5.74, 6) is 0. The Hall–Kier alpha value is 0.224. The van der Waals surface area contributed by atoms with Gasteiger partial charge in [-0.1, -0.05) is 32.8 Å². The van der Waals surface area contributed by atoms with Crippen LogP contribution in [0.1, 0.15) is 41.5 Å². The van der Waals surface area contributed by atoms with Crippen molar-refractivity contribution in [2.24, 2.45) is 0 Å². The van der Waals surface area contributed by atoms with Crippen LogP contribution < -0.4 is 0 Å². The molecule has 0 radical (unpaired) electrons. The molecular formula is C14H27BrNO3Ti-. The summed E-state index contributed by atoms with van der Waals surface area (Å²) in [6.45, 7) is 10.3. The van der Waals surface area contributed by atoms with Crippen molar-refractivity contribution >= 4 is 15.9 Å². The third kappa shape index (κ3) is 79.9. The molecule has 0 saturated carbocycles. The van der Waals surface area contributed by atoms with Gasteiger partial charge in [0.05, 0.1) is 0 Å². The van der Waals surface area contributed by atoms with E-state index >= 15 is 0 Å². The molecule has 0 spiro atoms. The molecule has 20 heavy (non-hydrogen) atoms. The molecule has 0 bridgehead atoms. The van der Waals surface area contributed by atoms with Crippen LogP contribution in [0.4, 0.5) is 0 Å². The summed E-state index contributed by atoms with van der Waals surface area (Å²) in [7, 11) is 0. The molecule has 0 fully saturated rings. The van der Waals surface area contributed by atoms with Crippen LogP contribution >= 0.6 is 15.9 Å². The number of hydrogen-bond acceptors (Lipinski definition) is 4. The Labute approximate surface area is 146 Å². The number of pyridine rings is 1. The van der Waals surface area contributed by atoms with Crippen molar-refractivity contribution in [3.05, 3.63) is 29.0 Å². The molecule has 0 saturated heterocycles. The van der Waals surface area contributed by atoms with Crippen molar-refractivity contribution in [2.45, 2.75) is 59.9 Å². The number of nitrogens with zero attached hydrogens (tertiary/aromatic N) is 1. The first-order valence-electron chi connectivity index (χ1n) is 6.10. The summed E-state index contributed by atoms with van der Waals surface area (Å²) in [6.07, 6.45) is 2.88. The smallest absolute Gasteiger partial charge is 0.0483 e. The summed E-state index contributed by atoms with van der Waals surface area (Å²) in [5, 5.41) is 24.2. The van der Waals surface area contributed by atoms with Gasteiger partial charge in [-0.3, -0.25) is 0 Å². The predicted molar refractivity (Wildman–Crippen MR) is 82.8 cm³/mol. The Balaban J connectivity index is -0.0000000881. The third-order valence-electron chi connectivity index (χ3n) is 0.570. The molecule has 1 aromatic rings. The topological polar surface area (TPSA) is 73.6 Å². The van der Waals surface area contributed by atoms with Gasteiger partial charge < -0.3 is 20.3 Å². The Morgan fingerprint density at radius 2 is 1.25 bits per heavy atom. The molecule has 1 aromatic heterocycles. The molecule has 0 atom stereocenters. The summed E-state index contributed by atoms with van der Waals surface area (Å²) in [5.41, 5.74) is 0. The minimum atomic E-state index is -0.167. The van der Waals surface area contributed by atoms with Crippen LogP contribution in [0.3, 0.4) is 0 Å². The third-order valence-corrected chi connectivity index (χ3v) is 1.00. The molecule has 0 aliphatic rings. The number of rotatable bonds is 0. The zero-order valence-corrected chi connectivity index (χ0v) is 16.3. The standard InChI is InChI=1S/C5H3BrN.3C3H8O.Ti/c6-5-2-1-3-7-4-5;3*1-3(2)4;/h1,3-4H;3*3-4H,1-2H3;/q-1;;;;. The zero-order chi connectivity index (χ0) is 15.8. The minimum absolute atomic E-state index is 0. The first-order chi connectivity index (χ1) is 8.59. The quantitative estimate of drug-likeness (QED) is 0.475. The predicted octanol–water partition coefficient (Wildman–Crippen LogP) is 2.80. The van der Waals surface area contributed by atoms with Crippen molar-refractivity contribution in [1.29, 1.82) is 0 Å². The van der Waals surface area contributed by atoms with Gasteiger partial charge in [0.1, 0.15) is 0 Å². The van der Waals surface area contributed by atoms with Crippen LogP contribution in [0.2, 0.25) is 0 Å². The largest absolute Gasteiger partial charge is 0.394 e. The maximum Gasteiger partial charge on any atom is 0.0483 e. The van der Waals surface area contributed by atoms with Crippen LogP contribution in [0.5, 0.6) is 0 Å². The van der Waals surface area contributed by atoms with Gasteiger partial charge in [-0.15, -0.1) is 0 Å². The van der Waals surface area contributed by atoms with Crippen molar-refractivity contribution in [1.82, 2.24) is 4.98 Å². The molecule has 4 nitrogen and oxygen atoms in total. The minimum Gasteiger partial charge on any atom is -0.394 e. The van der Waals surface area contributed by atoms with E-state index in [2.05, 4.69) is 27.0 Å². The first kappa shape index (κ1) is 28.4. The van der Waals surface area contributed by atoms with Gasteiger partial charge in [0.2, 0.25) is 0 Å². The fraction of sp³-hybridized carbons (Fsp3) is 0.643. The summed E-state index contributed by atoms with van der Waals surface area (Å²) >= 11 is 3.19. The number of aliphatic hydroxyl groups is 3. The molecular weight excluding hydrogens is 358 g/mol. The van der Waals surface area contributed by atoms with E-state index < -0.39 is 0 Å². The van der Waals surface area contributed by atoms with Crippen LogP contribution in [-0.4, -0.2) is 38.6 Å². The van der Waals surface area contributed by atoms with E-state index in [1.807, 2.05) is 0 Å². The van der Waals surface area contributed by atoms with E-state index in [4.69, 9.17) is 15.3 Å². The SMILES string of the molecule is Brc1[c-]ccnc1.CC(C)O.CC(C)O.CC(C)O.[Ti]. The summed E-state index contributed by atoms with van der Waals surface area (Å²) in [4.78, 5) is 3.81. The average Bonchev–Trinajstić information content (AvgIpc) is 2.15. The fourth-order valence-corrected chi connectivity index (χ4v) is 0.556. The second-order valence-electron chi connectivity index (χ2n) is 4.37. The summed E-state index contributed by atoms with van der Waals surface area (Å²) in [6, 6.07) is 4.64. The molecule has 0 aliphatic heterocycles. The van der Waals surface area contributed by atoms with Crippen molar-refractivity contribution in [2.75, 3.05) is 0 Å². The molecule has 3 N–H and O–H groups in total. The molecule has 0 amide bonds. The van der Waals surface area contributed by atoms with Gasteiger partial charge in [0.25, 0.3) is 0 Å². The maximum atomic E-state index is 8.06.